The van der Waals surface area contributed by atoms with E-state index in [1.807, 2.05) is 6.92 Å². The summed E-state index contributed by atoms with van der Waals surface area (Å²) in [7, 11) is 0. The van der Waals surface area contributed by atoms with E-state index in [1.54, 1.807) is 17.0 Å². The normalized spacial score (nSPS) is 19.3. The molecule has 1 saturated heterocycles. The fourth-order valence-electron chi connectivity index (χ4n) is 2.46. The topological polar surface area (TPSA) is 49.4 Å². The van der Waals surface area contributed by atoms with Gasteiger partial charge in [-0.3, -0.25) is 9.59 Å². The van der Waals surface area contributed by atoms with Crippen molar-refractivity contribution in [3.05, 3.63) is 33.8 Å². The Labute approximate surface area is 134 Å². The van der Waals surface area contributed by atoms with Gasteiger partial charge in [-0.2, -0.15) is 0 Å². The van der Waals surface area contributed by atoms with Crippen molar-refractivity contribution >= 4 is 35.0 Å². The highest BCUT2D eigenvalue weighted by Crippen LogP contribution is 2.21. The van der Waals surface area contributed by atoms with Gasteiger partial charge >= 0.3 is 0 Å². The van der Waals surface area contributed by atoms with Crippen LogP contribution in [0, 0.1) is 0 Å². The van der Waals surface area contributed by atoms with E-state index in [0.29, 0.717) is 23.6 Å². The number of carbonyl (C=O) groups is 2. The summed E-state index contributed by atoms with van der Waals surface area (Å²) >= 11 is 11.8. The molecule has 0 radical (unpaired) electrons. The Kier molecular flexibility index (Phi) is 5.48. The third-order valence-electron chi connectivity index (χ3n) is 3.64. The van der Waals surface area contributed by atoms with E-state index < -0.39 is 6.04 Å². The number of likely N-dealkylation sites (N-methyl/N-ethyl adjacent to an activating group) is 1. The quantitative estimate of drug-likeness (QED) is 0.926. The molecule has 0 aromatic heterocycles. The Bertz CT molecular complexity index is 548. The summed E-state index contributed by atoms with van der Waals surface area (Å²) in [4.78, 5) is 26.4. The van der Waals surface area contributed by atoms with Gasteiger partial charge in [-0.15, -0.1) is 0 Å². The zero-order valence-corrected chi connectivity index (χ0v) is 13.4. The fourth-order valence-corrected chi connectivity index (χ4v) is 2.96. The molecule has 21 heavy (non-hydrogen) atoms. The summed E-state index contributed by atoms with van der Waals surface area (Å²) in [6, 6.07) is 4.21. The predicted octanol–water partition coefficient (Wildman–Crippen LogP) is 3.12. The van der Waals surface area contributed by atoms with Gasteiger partial charge in [0.2, 0.25) is 5.91 Å². The van der Waals surface area contributed by atoms with Gasteiger partial charge in [0.25, 0.3) is 5.91 Å². The van der Waals surface area contributed by atoms with Crippen LogP contribution >= 0.6 is 23.2 Å². The van der Waals surface area contributed by atoms with Crippen molar-refractivity contribution in [3.63, 3.8) is 0 Å². The molecule has 0 spiro atoms. The van der Waals surface area contributed by atoms with Crippen molar-refractivity contribution < 1.29 is 9.59 Å². The monoisotopic (exact) mass is 328 g/mol. The summed E-state index contributed by atoms with van der Waals surface area (Å²) < 4.78 is 0. The van der Waals surface area contributed by atoms with Crippen LogP contribution in [0.1, 0.15) is 36.5 Å². The van der Waals surface area contributed by atoms with E-state index in [2.05, 4.69) is 5.32 Å². The summed E-state index contributed by atoms with van der Waals surface area (Å²) in [6.07, 6.45) is 2.54. The number of likely N-dealkylation sites (tertiary alicyclic amines) is 1. The Morgan fingerprint density at radius 1 is 1.38 bits per heavy atom. The largest absolute Gasteiger partial charge is 0.341 e. The van der Waals surface area contributed by atoms with Crippen LogP contribution in [-0.4, -0.2) is 35.8 Å². The molecular weight excluding hydrogens is 311 g/mol. The number of hydrogen-bond donors (Lipinski definition) is 1. The first kappa shape index (κ1) is 16.1. The number of rotatable bonds is 3. The lowest BCUT2D eigenvalue weighted by atomic mass is 10.1. The molecule has 0 saturated carbocycles. The zero-order valence-electron chi connectivity index (χ0n) is 11.9. The number of benzene rings is 1. The van der Waals surface area contributed by atoms with E-state index >= 15 is 0 Å². The first-order valence-corrected chi connectivity index (χ1v) is 7.83. The standard InChI is InChI=1S/C15H18Cl2N2O2/c1-2-19-8-4-3-5-13(15(19)21)18-14(20)11-7-6-10(16)9-12(11)17/h6-7,9,13H,2-5,8H2,1H3,(H,18,20). The first-order valence-electron chi connectivity index (χ1n) is 7.07. The second kappa shape index (κ2) is 7.14. The fraction of sp³-hybridized carbons (Fsp3) is 0.467. The number of amides is 2. The lowest BCUT2D eigenvalue weighted by molar-refractivity contribution is -0.132. The maximum absolute atomic E-state index is 12.3. The van der Waals surface area contributed by atoms with Crippen molar-refractivity contribution in [3.8, 4) is 0 Å². The summed E-state index contributed by atoms with van der Waals surface area (Å²) in [6.45, 7) is 3.36. The molecular formula is C15H18Cl2N2O2. The predicted molar refractivity (Wildman–Crippen MR) is 83.8 cm³/mol. The smallest absolute Gasteiger partial charge is 0.253 e. The van der Waals surface area contributed by atoms with Crippen LogP contribution in [0.3, 0.4) is 0 Å². The molecule has 1 fully saturated rings. The number of carbonyl (C=O) groups excluding carboxylic acids is 2. The van der Waals surface area contributed by atoms with Gasteiger partial charge in [-0.1, -0.05) is 23.2 Å². The molecule has 4 nitrogen and oxygen atoms in total. The van der Waals surface area contributed by atoms with Crippen LogP contribution < -0.4 is 5.32 Å². The van der Waals surface area contributed by atoms with E-state index in [4.69, 9.17) is 23.2 Å². The molecule has 0 bridgehead atoms. The second-order valence-electron chi connectivity index (χ2n) is 5.06. The van der Waals surface area contributed by atoms with Crippen LogP contribution in [0.2, 0.25) is 10.0 Å². The molecule has 2 rings (SSSR count). The molecule has 1 aromatic carbocycles. The van der Waals surface area contributed by atoms with E-state index in [-0.39, 0.29) is 16.8 Å². The van der Waals surface area contributed by atoms with Crippen molar-refractivity contribution in [1.82, 2.24) is 10.2 Å². The second-order valence-corrected chi connectivity index (χ2v) is 5.91. The Hall–Kier alpha value is -1.26. The summed E-state index contributed by atoms with van der Waals surface area (Å²) in [5.41, 5.74) is 0.334. The van der Waals surface area contributed by atoms with Crippen molar-refractivity contribution in [2.45, 2.75) is 32.2 Å². The molecule has 1 aromatic rings. The van der Waals surface area contributed by atoms with Crippen LogP contribution in [0.4, 0.5) is 0 Å². The van der Waals surface area contributed by atoms with Gasteiger partial charge in [0, 0.05) is 18.1 Å². The highest BCUT2D eigenvalue weighted by atomic mass is 35.5. The average Bonchev–Trinajstić information content (AvgIpc) is 2.61. The van der Waals surface area contributed by atoms with Crippen LogP contribution in [-0.2, 0) is 4.79 Å². The maximum atomic E-state index is 12.3. The lowest BCUT2D eigenvalue weighted by Gasteiger charge is -2.23. The molecule has 114 valence electrons. The zero-order chi connectivity index (χ0) is 15.4. The number of halogens is 2. The molecule has 1 heterocycles. The molecule has 0 aliphatic carbocycles. The lowest BCUT2D eigenvalue weighted by Crippen LogP contribution is -2.47. The molecule has 1 N–H and O–H groups in total. The van der Waals surface area contributed by atoms with Gasteiger partial charge in [0.15, 0.2) is 0 Å². The van der Waals surface area contributed by atoms with Gasteiger partial charge in [-0.25, -0.2) is 0 Å². The molecule has 2 amide bonds. The number of hydrogen-bond acceptors (Lipinski definition) is 2. The molecule has 1 aliphatic heterocycles. The minimum absolute atomic E-state index is 0.0200. The van der Waals surface area contributed by atoms with E-state index in [9.17, 15) is 9.59 Å². The first-order chi connectivity index (χ1) is 10.0. The Balaban J connectivity index is 2.12. The maximum Gasteiger partial charge on any atom is 0.253 e. The third-order valence-corrected chi connectivity index (χ3v) is 4.19. The van der Waals surface area contributed by atoms with Crippen molar-refractivity contribution in [2.75, 3.05) is 13.1 Å². The highest BCUT2D eigenvalue weighted by molar-refractivity contribution is 6.36. The molecule has 6 heteroatoms. The van der Waals surface area contributed by atoms with Gasteiger partial charge in [-0.05, 0) is 44.4 Å². The number of nitrogens with zero attached hydrogens (tertiary/aromatic N) is 1. The van der Waals surface area contributed by atoms with Crippen molar-refractivity contribution in [2.24, 2.45) is 0 Å². The molecule has 1 atom stereocenters. The van der Waals surface area contributed by atoms with E-state index in [1.165, 1.54) is 6.07 Å². The Morgan fingerprint density at radius 3 is 2.81 bits per heavy atom. The number of nitrogens with one attached hydrogen (secondary N) is 1. The van der Waals surface area contributed by atoms with Crippen molar-refractivity contribution in [1.29, 1.82) is 0 Å². The minimum atomic E-state index is -0.480. The average molecular weight is 329 g/mol. The molecule has 1 aliphatic rings. The van der Waals surface area contributed by atoms with E-state index in [0.717, 1.165) is 19.4 Å². The third kappa shape index (κ3) is 3.89. The van der Waals surface area contributed by atoms with Gasteiger partial charge < -0.3 is 10.2 Å². The Morgan fingerprint density at radius 2 is 2.14 bits per heavy atom. The minimum Gasteiger partial charge on any atom is -0.341 e. The van der Waals surface area contributed by atoms with Crippen LogP contribution in [0.5, 0.6) is 0 Å². The van der Waals surface area contributed by atoms with Gasteiger partial charge in [0.05, 0.1) is 10.6 Å². The van der Waals surface area contributed by atoms with Crippen LogP contribution in [0.15, 0.2) is 18.2 Å². The van der Waals surface area contributed by atoms with Gasteiger partial charge in [0.1, 0.15) is 6.04 Å². The SMILES string of the molecule is CCN1CCCCC(NC(=O)c2ccc(Cl)cc2Cl)C1=O. The summed E-state index contributed by atoms with van der Waals surface area (Å²) in [5.74, 6) is -0.360. The van der Waals surface area contributed by atoms with Crippen LogP contribution in [0.25, 0.3) is 0 Å². The highest BCUT2D eigenvalue weighted by Gasteiger charge is 2.28. The molecule has 1 unspecified atom stereocenters. The summed E-state index contributed by atoms with van der Waals surface area (Å²) in [5, 5.41) is 3.55.